The van der Waals surface area contributed by atoms with Crippen molar-refractivity contribution in [3.05, 3.63) is 29.6 Å². The fourth-order valence-corrected chi connectivity index (χ4v) is 2.80. The molecule has 19 heavy (non-hydrogen) atoms. The SMILES string of the molecule is COC(=O)N1CCC(O)(c2ncccc2C)CC1C. The fourth-order valence-electron chi connectivity index (χ4n) is 2.80. The van der Waals surface area contributed by atoms with Crippen LogP contribution < -0.4 is 0 Å². The number of carbonyl (C=O) groups excluding carboxylic acids is 1. The number of nitrogens with zero attached hydrogens (tertiary/aromatic N) is 2. The molecule has 0 aliphatic carbocycles. The molecule has 1 aromatic heterocycles. The average molecular weight is 264 g/mol. The molecule has 5 nitrogen and oxygen atoms in total. The number of aryl methyl sites for hydroxylation is 1. The number of likely N-dealkylation sites (tertiary alicyclic amines) is 1. The van der Waals surface area contributed by atoms with Crippen molar-refractivity contribution >= 4 is 6.09 Å². The van der Waals surface area contributed by atoms with Crippen LogP contribution in [-0.4, -0.2) is 40.8 Å². The first-order valence-corrected chi connectivity index (χ1v) is 6.47. The van der Waals surface area contributed by atoms with Gasteiger partial charge in [0.15, 0.2) is 0 Å². The largest absolute Gasteiger partial charge is 0.453 e. The Morgan fingerprint density at radius 3 is 2.95 bits per heavy atom. The molecule has 2 rings (SSSR count). The van der Waals surface area contributed by atoms with Gasteiger partial charge in [-0.05, 0) is 31.9 Å². The molecule has 2 unspecified atom stereocenters. The molecule has 1 aliphatic rings. The van der Waals surface area contributed by atoms with Crippen LogP contribution in [0.15, 0.2) is 18.3 Å². The second-order valence-corrected chi connectivity index (χ2v) is 5.17. The van der Waals surface area contributed by atoms with Crippen LogP contribution in [0.3, 0.4) is 0 Å². The van der Waals surface area contributed by atoms with Crippen LogP contribution >= 0.6 is 0 Å². The van der Waals surface area contributed by atoms with E-state index >= 15 is 0 Å². The number of methoxy groups -OCH3 is 1. The summed E-state index contributed by atoms with van der Waals surface area (Å²) in [4.78, 5) is 17.6. The topological polar surface area (TPSA) is 62.7 Å². The molecular weight excluding hydrogens is 244 g/mol. The van der Waals surface area contributed by atoms with E-state index in [-0.39, 0.29) is 12.1 Å². The van der Waals surface area contributed by atoms with Crippen LogP contribution in [0.25, 0.3) is 0 Å². The molecule has 104 valence electrons. The van der Waals surface area contributed by atoms with Crippen molar-refractivity contribution in [3.63, 3.8) is 0 Å². The van der Waals surface area contributed by atoms with Crippen LogP contribution in [0.1, 0.15) is 31.0 Å². The van der Waals surface area contributed by atoms with Gasteiger partial charge in [0, 0.05) is 25.2 Å². The molecule has 1 aromatic rings. The number of amides is 1. The molecule has 1 aliphatic heterocycles. The Labute approximate surface area is 113 Å². The summed E-state index contributed by atoms with van der Waals surface area (Å²) in [6, 6.07) is 3.72. The lowest BCUT2D eigenvalue weighted by molar-refractivity contribution is -0.0463. The van der Waals surface area contributed by atoms with Crippen molar-refractivity contribution < 1.29 is 14.6 Å². The van der Waals surface area contributed by atoms with Crippen LogP contribution in [0.4, 0.5) is 4.79 Å². The van der Waals surface area contributed by atoms with Gasteiger partial charge in [0.2, 0.25) is 0 Å². The standard InChI is InChI=1S/C14H20N2O3/c1-10-5-4-7-15-12(10)14(18)6-8-16(11(2)9-14)13(17)19-3/h4-5,7,11,18H,6,8-9H2,1-3H3. The van der Waals surface area contributed by atoms with Gasteiger partial charge in [0.05, 0.1) is 12.8 Å². The Hall–Kier alpha value is -1.62. The van der Waals surface area contributed by atoms with E-state index in [1.807, 2.05) is 26.0 Å². The summed E-state index contributed by atoms with van der Waals surface area (Å²) >= 11 is 0. The summed E-state index contributed by atoms with van der Waals surface area (Å²) < 4.78 is 4.75. The third-order valence-electron chi connectivity index (χ3n) is 3.79. The smallest absolute Gasteiger partial charge is 0.409 e. The van der Waals surface area contributed by atoms with Crippen molar-refractivity contribution in [1.82, 2.24) is 9.88 Å². The zero-order valence-corrected chi connectivity index (χ0v) is 11.6. The molecule has 0 spiro atoms. The Morgan fingerprint density at radius 1 is 1.63 bits per heavy atom. The molecule has 0 saturated carbocycles. The van der Waals surface area contributed by atoms with E-state index in [0.29, 0.717) is 25.1 Å². The lowest BCUT2D eigenvalue weighted by Crippen LogP contribution is -2.50. The second kappa shape index (κ2) is 5.17. The lowest BCUT2D eigenvalue weighted by atomic mass is 9.82. The number of hydrogen-bond donors (Lipinski definition) is 1. The highest BCUT2D eigenvalue weighted by atomic mass is 16.5. The highest BCUT2D eigenvalue weighted by Crippen LogP contribution is 2.36. The normalized spacial score (nSPS) is 27.2. The summed E-state index contributed by atoms with van der Waals surface area (Å²) in [6.45, 7) is 4.33. The highest BCUT2D eigenvalue weighted by molar-refractivity contribution is 5.68. The van der Waals surface area contributed by atoms with Gasteiger partial charge in [0.1, 0.15) is 5.60 Å². The zero-order valence-electron chi connectivity index (χ0n) is 11.6. The number of hydrogen-bond acceptors (Lipinski definition) is 4. The Balaban J connectivity index is 2.21. The van der Waals surface area contributed by atoms with Crippen LogP contribution in [0, 0.1) is 6.92 Å². The predicted molar refractivity (Wildman–Crippen MR) is 70.7 cm³/mol. The van der Waals surface area contributed by atoms with E-state index in [0.717, 1.165) is 5.56 Å². The maximum atomic E-state index is 11.6. The minimum Gasteiger partial charge on any atom is -0.453 e. The summed E-state index contributed by atoms with van der Waals surface area (Å²) in [5.41, 5.74) is 0.727. The fraction of sp³-hybridized carbons (Fsp3) is 0.571. The maximum Gasteiger partial charge on any atom is 0.409 e. The minimum absolute atomic E-state index is 0.0763. The molecule has 2 heterocycles. The van der Waals surface area contributed by atoms with Crippen LogP contribution in [0.5, 0.6) is 0 Å². The number of aromatic nitrogens is 1. The van der Waals surface area contributed by atoms with Gasteiger partial charge in [-0.3, -0.25) is 4.98 Å². The Bertz CT molecular complexity index is 478. The van der Waals surface area contributed by atoms with E-state index in [4.69, 9.17) is 4.74 Å². The van der Waals surface area contributed by atoms with Gasteiger partial charge in [-0.1, -0.05) is 6.07 Å². The van der Waals surface area contributed by atoms with Crippen LogP contribution in [0.2, 0.25) is 0 Å². The molecule has 0 aromatic carbocycles. The summed E-state index contributed by atoms with van der Waals surface area (Å²) in [6.07, 6.45) is 2.30. The van der Waals surface area contributed by atoms with Crippen LogP contribution in [-0.2, 0) is 10.3 Å². The van der Waals surface area contributed by atoms with Gasteiger partial charge in [-0.25, -0.2) is 4.79 Å². The third-order valence-corrected chi connectivity index (χ3v) is 3.79. The Kier molecular flexibility index (Phi) is 3.75. The molecule has 1 fully saturated rings. The first kappa shape index (κ1) is 13.8. The number of ether oxygens (including phenoxy) is 1. The van der Waals surface area contributed by atoms with E-state index in [1.54, 1.807) is 11.1 Å². The first-order valence-electron chi connectivity index (χ1n) is 6.47. The van der Waals surface area contributed by atoms with Gasteiger partial charge in [-0.15, -0.1) is 0 Å². The van der Waals surface area contributed by atoms with Gasteiger partial charge in [0.25, 0.3) is 0 Å². The van der Waals surface area contributed by atoms with Gasteiger partial charge >= 0.3 is 6.09 Å². The number of piperidine rings is 1. The quantitative estimate of drug-likeness (QED) is 0.840. The van der Waals surface area contributed by atoms with Crippen molar-refractivity contribution in [2.75, 3.05) is 13.7 Å². The van der Waals surface area contributed by atoms with Gasteiger partial charge < -0.3 is 14.7 Å². The van der Waals surface area contributed by atoms with Crippen molar-refractivity contribution in [2.45, 2.75) is 38.3 Å². The molecular formula is C14H20N2O3. The monoisotopic (exact) mass is 264 g/mol. The van der Waals surface area contributed by atoms with Gasteiger partial charge in [-0.2, -0.15) is 0 Å². The molecule has 1 saturated heterocycles. The van der Waals surface area contributed by atoms with E-state index in [2.05, 4.69) is 4.98 Å². The number of aliphatic hydroxyl groups is 1. The maximum absolute atomic E-state index is 11.6. The van der Waals surface area contributed by atoms with E-state index in [1.165, 1.54) is 7.11 Å². The zero-order chi connectivity index (χ0) is 14.0. The average Bonchev–Trinajstić information content (AvgIpc) is 2.38. The number of carbonyl (C=O) groups is 1. The molecule has 1 amide bonds. The number of rotatable bonds is 1. The number of pyridine rings is 1. The highest BCUT2D eigenvalue weighted by Gasteiger charge is 2.41. The summed E-state index contributed by atoms with van der Waals surface area (Å²) in [5.74, 6) is 0. The van der Waals surface area contributed by atoms with Crippen molar-refractivity contribution in [3.8, 4) is 0 Å². The molecule has 0 bridgehead atoms. The van der Waals surface area contributed by atoms with E-state index in [9.17, 15) is 9.90 Å². The third kappa shape index (κ3) is 2.56. The summed E-state index contributed by atoms with van der Waals surface area (Å²) in [7, 11) is 1.37. The predicted octanol–water partition coefficient (Wildman–Crippen LogP) is 1.83. The van der Waals surface area contributed by atoms with E-state index < -0.39 is 5.60 Å². The second-order valence-electron chi connectivity index (χ2n) is 5.17. The lowest BCUT2D eigenvalue weighted by Gasteiger charge is -2.42. The minimum atomic E-state index is -0.963. The molecule has 5 heteroatoms. The molecule has 2 atom stereocenters. The Morgan fingerprint density at radius 2 is 2.37 bits per heavy atom. The van der Waals surface area contributed by atoms with Crippen molar-refractivity contribution in [1.29, 1.82) is 0 Å². The van der Waals surface area contributed by atoms with Crippen molar-refractivity contribution in [2.24, 2.45) is 0 Å². The molecule has 0 radical (unpaired) electrons. The molecule has 1 N–H and O–H groups in total. The summed E-state index contributed by atoms with van der Waals surface area (Å²) in [5, 5.41) is 10.8. The first-order chi connectivity index (χ1) is 8.98.